The van der Waals surface area contributed by atoms with Gasteiger partial charge in [0.1, 0.15) is 5.72 Å². The molecule has 0 aliphatic carbocycles. The second kappa shape index (κ2) is 5.35. The maximum Gasteiger partial charge on any atom is 0.199 e. The van der Waals surface area contributed by atoms with Crippen molar-refractivity contribution in [1.29, 1.82) is 0 Å². The van der Waals surface area contributed by atoms with Gasteiger partial charge in [0.2, 0.25) is 0 Å². The van der Waals surface area contributed by atoms with E-state index < -0.39 is 0 Å². The summed E-state index contributed by atoms with van der Waals surface area (Å²) in [5, 5.41) is 3.76. The highest BCUT2D eigenvalue weighted by Crippen LogP contribution is 2.45. The van der Waals surface area contributed by atoms with E-state index in [4.69, 9.17) is 14.5 Å². The normalized spacial score (nSPS) is 46.3. The molecule has 0 saturated carbocycles. The fraction of sp³-hybridized carbons (Fsp3) is 0.944. The van der Waals surface area contributed by atoms with Crippen molar-refractivity contribution in [3.8, 4) is 0 Å². The van der Waals surface area contributed by atoms with E-state index in [1.54, 1.807) is 0 Å². The molecular formula is C18H29N3O2. The van der Waals surface area contributed by atoms with Crippen LogP contribution in [0.3, 0.4) is 0 Å². The second-order valence-electron chi connectivity index (χ2n) is 8.17. The molecule has 0 bridgehead atoms. The van der Waals surface area contributed by atoms with Crippen LogP contribution >= 0.6 is 0 Å². The van der Waals surface area contributed by atoms with Crippen LogP contribution in [-0.2, 0) is 9.47 Å². The third-order valence-corrected chi connectivity index (χ3v) is 6.57. The molecule has 4 saturated heterocycles. The lowest BCUT2D eigenvalue weighted by molar-refractivity contribution is -0.112. The van der Waals surface area contributed by atoms with Gasteiger partial charge in [-0.1, -0.05) is 6.42 Å². The monoisotopic (exact) mass is 319 g/mol. The number of rotatable bonds is 0. The lowest BCUT2D eigenvalue weighted by atomic mass is 9.92. The number of aliphatic imine (C=N–C) groups is 1. The van der Waals surface area contributed by atoms with Gasteiger partial charge in [0.05, 0.1) is 0 Å². The fourth-order valence-electron chi connectivity index (χ4n) is 5.48. The van der Waals surface area contributed by atoms with E-state index in [0.29, 0.717) is 12.1 Å². The first-order valence-corrected chi connectivity index (χ1v) is 9.72. The summed E-state index contributed by atoms with van der Waals surface area (Å²) in [7, 11) is 0. The van der Waals surface area contributed by atoms with Gasteiger partial charge in [-0.25, -0.2) is 4.99 Å². The summed E-state index contributed by atoms with van der Waals surface area (Å²) in [4.78, 5) is 7.72. The zero-order valence-electron chi connectivity index (χ0n) is 14.1. The summed E-state index contributed by atoms with van der Waals surface area (Å²) in [6, 6.07) is 1.22. The van der Waals surface area contributed by atoms with Crippen LogP contribution in [0.15, 0.2) is 4.99 Å². The Labute approximate surface area is 138 Å². The molecule has 0 unspecified atom stereocenters. The summed E-state index contributed by atoms with van der Waals surface area (Å²) in [6.07, 6.45) is 13.2. The van der Waals surface area contributed by atoms with Gasteiger partial charge < -0.3 is 19.7 Å². The third-order valence-electron chi connectivity index (χ3n) is 6.57. The fourth-order valence-corrected chi connectivity index (χ4v) is 5.48. The maximum absolute atomic E-state index is 6.35. The van der Waals surface area contributed by atoms with Gasteiger partial charge in [0, 0.05) is 38.1 Å². The molecular weight excluding hydrogens is 290 g/mol. The minimum atomic E-state index is -0.250. The molecule has 5 heteroatoms. The standard InChI is InChI=1S/C18H29N3O2/c1-2-8-17(22-10-4-1)12-14-6-7-15-13-18(9-3-5-11-23-18)20-16(19-17)21(14)15/h14-15H,1-13H2,(H,19,20)/t14-,15+,17-,18+/m1/s1. The molecule has 0 aromatic heterocycles. The van der Waals surface area contributed by atoms with Crippen LogP contribution in [-0.4, -0.2) is 47.6 Å². The molecule has 0 amide bonds. The summed E-state index contributed by atoms with van der Waals surface area (Å²) < 4.78 is 12.6. The molecule has 5 aliphatic rings. The number of nitrogens with one attached hydrogen (secondary N) is 1. The molecule has 5 heterocycles. The van der Waals surface area contributed by atoms with Crippen LogP contribution < -0.4 is 5.32 Å². The van der Waals surface area contributed by atoms with Crippen molar-refractivity contribution in [2.45, 2.75) is 94.2 Å². The molecule has 5 aliphatic heterocycles. The van der Waals surface area contributed by atoms with Crippen LogP contribution in [0.1, 0.15) is 70.6 Å². The quantitative estimate of drug-likeness (QED) is 0.746. The van der Waals surface area contributed by atoms with E-state index in [1.165, 1.54) is 44.9 Å². The number of hydrogen-bond acceptors (Lipinski definition) is 5. The van der Waals surface area contributed by atoms with E-state index >= 15 is 0 Å². The number of hydrogen-bond donors (Lipinski definition) is 1. The highest BCUT2D eigenvalue weighted by Gasteiger charge is 2.53. The Morgan fingerprint density at radius 1 is 0.913 bits per heavy atom. The van der Waals surface area contributed by atoms with Crippen molar-refractivity contribution in [2.24, 2.45) is 4.99 Å². The van der Waals surface area contributed by atoms with Crippen LogP contribution in [0.5, 0.6) is 0 Å². The minimum Gasteiger partial charge on any atom is -0.356 e. The molecule has 4 fully saturated rings. The zero-order chi connectivity index (χ0) is 15.3. The van der Waals surface area contributed by atoms with Gasteiger partial charge in [-0.15, -0.1) is 0 Å². The van der Waals surface area contributed by atoms with Gasteiger partial charge in [0.15, 0.2) is 11.7 Å². The van der Waals surface area contributed by atoms with Gasteiger partial charge in [-0.05, 0) is 51.4 Å². The average molecular weight is 319 g/mol. The first kappa shape index (κ1) is 14.5. The minimum absolute atomic E-state index is 0.168. The molecule has 0 radical (unpaired) electrons. The van der Waals surface area contributed by atoms with Crippen LogP contribution in [0.25, 0.3) is 0 Å². The summed E-state index contributed by atoms with van der Waals surface area (Å²) in [6.45, 7) is 1.76. The Morgan fingerprint density at radius 3 is 2.57 bits per heavy atom. The molecule has 0 aromatic rings. The van der Waals surface area contributed by atoms with Crippen LogP contribution in [0.2, 0.25) is 0 Å². The third kappa shape index (κ3) is 2.39. The second-order valence-corrected chi connectivity index (χ2v) is 8.17. The first-order valence-electron chi connectivity index (χ1n) is 9.72. The Hall–Kier alpha value is -0.810. The van der Waals surface area contributed by atoms with Crippen molar-refractivity contribution in [3.63, 3.8) is 0 Å². The van der Waals surface area contributed by atoms with E-state index in [0.717, 1.165) is 44.9 Å². The first-order chi connectivity index (χ1) is 11.3. The maximum atomic E-state index is 6.35. The SMILES string of the molecule is C1CCO[C@]2(CC1)C[C@H]1CC[C@H]3C[C@@]4(CCCCO4)N=C(N2)N13. The summed E-state index contributed by atoms with van der Waals surface area (Å²) >= 11 is 0. The molecule has 0 aromatic carbocycles. The highest BCUT2D eigenvalue weighted by atomic mass is 16.5. The predicted molar refractivity (Wildman–Crippen MR) is 88.1 cm³/mol. The van der Waals surface area contributed by atoms with E-state index in [-0.39, 0.29) is 11.4 Å². The number of guanidine groups is 1. The Bertz CT molecular complexity index is 492. The van der Waals surface area contributed by atoms with Crippen LogP contribution in [0.4, 0.5) is 0 Å². The Morgan fingerprint density at radius 2 is 1.70 bits per heavy atom. The number of ether oxygens (including phenoxy) is 2. The van der Waals surface area contributed by atoms with Crippen molar-refractivity contribution < 1.29 is 9.47 Å². The van der Waals surface area contributed by atoms with Crippen molar-refractivity contribution in [3.05, 3.63) is 0 Å². The van der Waals surface area contributed by atoms with E-state index in [9.17, 15) is 0 Å². The van der Waals surface area contributed by atoms with Gasteiger partial charge in [-0.3, -0.25) is 0 Å². The van der Waals surface area contributed by atoms with Crippen molar-refractivity contribution >= 4 is 5.96 Å². The lowest BCUT2D eigenvalue weighted by Crippen LogP contribution is -2.67. The van der Waals surface area contributed by atoms with Gasteiger partial charge in [-0.2, -0.15) is 0 Å². The lowest BCUT2D eigenvalue weighted by Gasteiger charge is -2.52. The van der Waals surface area contributed by atoms with Crippen LogP contribution in [0, 0.1) is 0 Å². The van der Waals surface area contributed by atoms with Crippen molar-refractivity contribution in [2.75, 3.05) is 13.2 Å². The van der Waals surface area contributed by atoms with Gasteiger partial charge in [0.25, 0.3) is 0 Å². The Kier molecular flexibility index (Phi) is 3.38. The zero-order valence-corrected chi connectivity index (χ0v) is 14.1. The van der Waals surface area contributed by atoms with Gasteiger partial charge >= 0.3 is 0 Å². The molecule has 128 valence electrons. The molecule has 4 atom stereocenters. The Balaban J connectivity index is 1.48. The topological polar surface area (TPSA) is 46.1 Å². The number of nitrogens with zero attached hydrogens (tertiary/aromatic N) is 2. The smallest absolute Gasteiger partial charge is 0.199 e. The highest BCUT2D eigenvalue weighted by molar-refractivity contribution is 5.83. The van der Waals surface area contributed by atoms with E-state index in [1.807, 2.05) is 0 Å². The largest absolute Gasteiger partial charge is 0.356 e. The molecule has 5 rings (SSSR count). The van der Waals surface area contributed by atoms with E-state index in [2.05, 4.69) is 10.2 Å². The molecule has 1 N–H and O–H groups in total. The summed E-state index contributed by atoms with van der Waals surface area (Å²) in [5.41, 5.74) is -0.418. The molecule has 2 spiro atoms. The molecule has 5 nitrogen and oxygen atoms in total. The average Bonchev–Trinajstić information content (AvgIpc) is 2.81. The van der Waals surface area contributed by atoms with Crippen molar-refractivity contribution in [1.82, 2.24) is 10.2 Å². The summed E-state index contributed by atoms with van der Waals surface area (Å²) in [5.74, 6) is 1.08. The molecule has 23 heavy (non-hydrogen) atoms. The predicted octanol–water partition coefficient (Wildman–Crippen LogP) is 2.76.